The first-order valence-corrected chi connectivity index (χ1v) is 0. The van der Waals surface area contributed by atoms with Gasteiger partial charge in [-0.2, -0.15) is 0 Å². The van der Waals surface area contributed by atoms with Crippen LogP contribution in [0, 0.1) is 0 Å². The first-order chi connectivity index (χ1) is 0. The molecule has 0 nitrogen and oxygen atoms in total. The largest absolute Gasteiger partial charge is 0.147 e. The average molecular weight is 473 g/mol. The summed E-state index contributed by atoms with van der Waals surface area (Å²) in [6.07, 6.45) is 0. The van der Waals surface area contributed by atoms with Crippen molar-refractivity contribution < 1.29 is 22.4 Å². The summed E-state index contributed by atoms with van der Waals surface area (Å²) in [7, 11) is 0. The maximum absolute atomic E-state index is 0. The fourth-order valence-electron chi connectivity index (χ4n) is 0. The molecule has 0 atom stereocenters. The van der Waals surface area contributed by atoms with E-state index in [9.17, 15) is 0 Å². The Labute approximate surface area is 120 Å². The van der Waals surface area contributed by atoms with Gasteiger partial charge in [0, 0.05) is 22.4 Å². The van der Waals surface area contributed by atoms with E-state index in [-0.39, 0.29) is 122 Å². The molecule has 9 heavy (non-hydrogen) atoms. The van der Waals surface area contributed by atoms with Crippen LogP contribution in [0.4, 0.5) is 0 Å². The Morgan fingerprint density at radius 3 is 0.222 bits per heavy atom. The van der Waals surface area contributed by atoms with E-state index in [0.717, 1.165) is 0 Å². The van der Waals surface area contributed by atoms with Gasteiger partial charge in [-0.05, 0) is 0 Å². The van der Waals surface area contributed by atoms with Crippen LogP contribution in [0.2, 0.25) is 0 Å². The molecule has 0 aromatic carbocycles. The third-order valence-corrected chi connectivity index (χ3v) is 0. The molecule has 0 bridgehead atoms. The second kappa shape index (κ2) is 120. The molecule has 0 aliphatic carbocycles. The monoisotopic (exact) mass is 469 g/mol. The molecule has 0 aliphatic heterocycles. The van der Waals surface area contributed by atoms with Crippen LogP contribution in [0.25, 0.3) is 0 Å². The zero-order chi connectivity index (χ0) is 0. The number of halogens is 8. The Hall–Kier alpha value is 3.06. The Balaban J connectivity index is 0. The van der Waals surface area contributed by atoms with Gasteiger partial charge in [-0.25, -0.2) is 0 Å². The molecule has 0 spiro atoms. The molecule has 0 aliphatic rings. The first kappa shape index (κ1) is 158. The molecule has 0 heterocycles. The third kappa shape index (κ3) is 96.9. The molecule has 0 N–H and O–H groups in total. The Morgan fingerprint density at radius 1 is 0.222 bits per heavy atom. The first-order valence-electron chi connectivity index (χ1n) is 0. The topological polar surface area (TPSA) is 0 Å². The van der Waals surface area contributed by atoms with E-state index in [1.165, 1.54) is 0 Å². The van der Waals surface area contributed by atoms with Gasteiger partial charge in [-0.15, -0.1) is 99.3 Å². The smallest absolute Gasteiger partial charge is 0 e. The van der Waals surface area contributed by atoms with Crippen molar-refractivity contribution in [2.24, 2.45) is 0 Å². The van der Waals surface area contributed by atoms with Crippen LogP contribution in [0.5, 0.6) is 0 Å². The number of rotatable bonds is 0. The minimum absolute atomic E-state index is 0. The van der Waals surface area contributed by atoms with Gasteiger partial charge in [0.2, 0.25) is 0 Å². The molecular formula is H8Cl8Ta. The SMILES string of the molecule is Cl.Cl.Cl.Cl.Cl.Cl.Cl.Cl.[Ta]. The minimum atomic E-state index is 0. The molecule has 0 saturated heterocycles. The summed E-state index contributed by atoms with van der Waals surface area (Å²) in [5.74, 6) is 0. The van der Waals surface area contributed by atoms with Crippen molar-refractivity contribution in [1.29, 1.82) is 0 Å². The van der Waals surface area contributed by atoms with Crippen LogP contribution in [0.3, 0.4) is 0 Å². The van der Waals surface area contributed by atoms with E-state index in [1.807, 2.05) is 0 Å². The predicted molar refractivity (Wildman–Crippen MR) is 58.0 cm³/mol. The standard InChI is InChI=1S/8ClH.Ta/h8*1H;. The van der Waals surface area contributed by atoms with Crippen LogP contribution < -0.4 is 0 Å². The van der Waals surface area contributed by atoms with Crippen molar-refractivity contribution in [3.63, 3.8) is 0 Å². The number of hydrogen-bond donors (Lipinski definition) is 0. The fourth-order valence-corrected chi connectivity index (χ4v) is 0. The molecule has 0 aromatic heterocycles. The molecule has 69 valence electrons. The molecule has 0 fully saturated rings. The summed E-state index contributed by atoms with van der Waals surface area (Å²) in [5, 5.41) is 0. The van der Waals surface area contributed by atoms with Gasteiger partial charge in [0.15, 0.2) is 0 Å². The van der Waals surface area contributed by atoms with E-state index in [1.54, 1.807) is 0 Å². The molecule has 9 heteroatoms. The van der Waals surface area contributed by atoms with Crippen molar-refractivity contribution >= 4 is 99.3 Å². The van der Waals surface area contributed by atoms with Crippen molar-refractivity contribution in [2.45, 2.75) is 0 Å². The van der Waals surface area contributed by atoms with Gasteiger partial charge >= 0.3 is 0 Å². The minimum Gasteiger partial charge on any atom is -0.147 e. The van der Waals surface area contributed by atoms with Gasteiger partial charge < -0.3 is 0 Å². The molecule has 0 unspecified atom stereocenters. The average Bonchev–Trinajstić information content (AvgIpc) is 0. The summed E-state index contributed by atoms with van der Waals surface area (Å²) in [6.45, 7) is 0. The molecule has 1 radical (unpaired) electrons. The maximum atomic E-state index is 0. The van der Waals surface area contributed by atoms with Crippen LogP contribution in [0.1, 0.15) is 0 Å². The van der Waals surface area contributed by atoms with E-state index in [4.69, 9.17) is 0 Å². The van der Waals surface area contributed by atoms with Crippen LogP contribution in [0.15, 0.2) is 0 Å². The van der Waals surface area contributed by atoms with Crippen molar-refractivity contribution in [2.75, 3.05) is 0 Å². The molecule has 0 aromatic rings. The van der Waals surface area contributed by atoms with E-state index in [0.29, 0.717) is 0 Å². The van der Waals surface area contributed by atoms with Gasteiger partial charge in [0.1, 0.15) is 0 Å². The van der Waals surface area contributed by atoms with Crippen molar-refractivity contribution in [3.05, 3.63) is 0 Å². The quantitative estimate of drug-likeness (QED) is 0.507. The van der Waals surface area contributed by atoms with Crippen molar-refractivity contribution in [3.8, 4) is 0 Å². The zero-order valence-electron chi connectivity index (χ0n) is 3.71. The summed E-state index contributed by atoms with van der Waals surface area (Å²) < 4.78 is 0. The predicted octanol–water partition coefficient (Wildman–Crippen LogP) is 3.37. The summed E-state index contributed by atoms with van der Waals surface area (Å²) in [4.78, 5) is 0. The molecular weight excluding hydrogens is 465 g/mol. The second-order valence-electron chi connectivity index (χ2n) is 0. The molecule has 0 amide bonds. The van der Waals surface area contributed by atoms with Crippen LogP contribution >= 0.6 is 99.3 Å². The van der Waals surface area contributed by atoms with E-state index < -0.39 is 0 Å². The summed E-state index contributed by atoms with van der Waals surface area (Å²) >= 11 is 0. The van der Waals surface area contributed by atoms with E-state index in [2.05, 4.69) is 0 Å². The second-order valence-corrected chi connectivity index (χ2v) is 0. The number of hydrogen-bond acceptors (Lipinski definition) is 0. The maximum Gasteiger partial charge on any atom is 0 e. The molecule has 0 rings (SSSR count). The Bertz CT molecular complexity index is 4.53. The van der Waals surface area contributed by atoms with Gasteiger partial charge in [-0.1, -0.05) is 0 Å². The van der Waals surface area contributed by atoms with Gasteiger partial charge in [0.25, 0.3) is 0 Å². The van der Waals surface area contributed by atoms with E-state index >= 15 is 0 Å². The normalized spacial score (nSPS) is 0. The van der Waals surface area contributed by atoms with Gasteiger partial charge in [0.05, 0.1) is 0 Å². The zero-order valence-corrected chi connectivity index (χ0v) is 13.5. The summed E-state index contributed by atoms with van der Waals surface area (Å²) in [5.41, 5.74) is 0. The van der Waals surface area contributed by atoms with Crippen LogP contribution in [-0.4, -0.2) is 0 Å². The molecule has 0 saturated carbocycles. The summed E-state index contributed by atoms with van der Waals surface area (Å²) in [6, 6.07) is 0. The Kier molecular flexibility index (Phi) is 2090. The van der Waals surface area contributed by atoms with Gasteiger partial charge in [-0.3, -0.25) is 0 Å². The Morgan fingerprint density at radius 2 is 0.222 bits per heavy atom. The van der Waals surface area contributed by atoms with Crippen LogP contribution in [-0.2, 0) is 22.4 Å². The van der Waals surface area contributed by atoms with Crippen molar-refractivity contribution in [1.82, 2.24) is 0 Å². The fraction of sp³-hybridized carbons (Fsp3) is 0. The third-order valence-electron chi connectivity index (χ3n) is 0.